The summed E-state index contributed by atoms with van der Waals surface area (Å²) < 4.78 is 1.89. The molecule has 0 radical (unpaired) electrons. The highest BCUT2D eigenvalue weighted by Crippen LogP contribution is 2.19. The third kappa shape index (κ3) is 3.30. The quantitative estimate of drug-likeness (QED) is 0.728. The monoisotopic (exact) mass is 321 g/mol. The van der Waals surface area contributed by atoms with Crippen molar-refractivity contribution in [1.82, 2.24) is 15.4 Å². The summed E-state index contributed by atoms with van der Waals surface area (Å²) in [5.41, 5.74) is 8.49. The minimum absolute atomic E-state index is 0.218. The highest BCUT2D eigenvalue weighted by molar-refractivity contribution is 6.07. The molecule has 2 aromatic carbocycles. The Labute approximate surface area is 140 Å². The third-order valence-corrected chi connectivity index (χ3v) is 3.94. The molecule has 1 aromatic heterocycles. The number of rotatable bonds is 3. The third-order valence-electron chi connectivity index (χ3n) is 3.94. The molecule has 0 aliphatic rings. The first kappa shape index (κ1) is 15.8. The zero-order valence-corrected chi connectivity index (χ0v) is 13.7. The van der Waals surface area contributed by atoms with Crippen molar-refractivity contribution in [3.05, 3.63) is 71.4 Å². The number of carbonyl (C=O) groups excluding carboxylic acids is 2. The number of hydrogen-bond donors (Lipinski definition) is 2. The van der Waals surface area contributed by atoms with Crippen LogP contribution in [0, 0.1) is 6.92 Å². The average molecular weight is 321 g/mol. The summed E-state index contributed by atoms with van der Waals surface area (Å²) in [6, 6.07) is 15.4. The second kappa shape index (κ2) is 6.58. The minimum atomic E-state index is -0.330. The van der Waals surface area contributed by atoms with Crippen LogP contribution in [0.2, 0.25) is 0 Å². The largest absolute Gasteiger partial charge is 0.350 e. The van der Waals surface area contributed by atoms with Crippen LogP contribution in [0.25, 0.3) is 10.9 Å². The first-order chi connectivity index (χ1) is 11.5. The zero-order chi connectivity index (χ0) is 17.1. The van der Waals surface area contributed by atoms with Gasteiger partial charge in [-0.2, -0.15) is 0 Å². The SMILES string of the molecule is Cc1ccc(CC(=O)NNC(=O)c2cn(C)c3ccccc23)cc1. The lowest BCUT2D eigenvalue weighted by Gasteiger charge is -2.07. The van der Waals surface area contributed by atoms with Crippen LogP contribution in [0.5, 0.6) is 0 Å². The van der Waals surface area contributed by atoms with Crippen molar-refractivity contribution < 1.29 is 9.59 Å². The summed E-state index contributed by atoms with van der Waals surface area (Å²) in [5, 5.41) is 0.852. The van der Waals surface area contributed by atoms with Crippen molar-refractivity contribution in [2.24, 2.45) is 7.05 Å². The smallest absolute Gasteiger partial charge is 0.271 e. The van der Waals surface area contributed by atoms with E-state index in [1.165, 1.54) is 0 Å². The summed E-state index contributed by atoms with van der Waals surface area (Å²) in [7, 11) is 1.88. The van der Waals surface area contributed by atoms with Crippen LogP contribution in [-0.2, 0) is 18.3 Å². The Balaban J connectivity index is 1.64. The van der Waals surface area contributed by atoms with Crippen LogP contribution in [0.1, 0.15) is 21.5 Å². The molecule has 0 aliphatic heterocycles. The fourth-order valence-corrected chi connectivity index (χ4v) is 2.65. The van der Waals surface area contributed by atoms with Gasteiger partial charge in [0.25, 0.3) is 5.91 Å². The zero-order valence-electron chi connectivity index (χ0n) is 13.7. The molecule has 0 saturated heterocycles. The molecule has 0 spiro atoms. The molecule has 5 nitrogen and oxygen atoms in total. The van der Waals surface area contributed by atoms with Crippen LogP contribution in [0.15, 0.2) is 54.7 Å². The Hall–Kier alpha value is -3.08. The number of carbonyl (C=O) groups is 2. The number of aryl methyl sites for hydroxylation is 2. The molecular formula is C19H19N3O2. The van der Waals surface area contributed by atoms with Crippen LogP contribution in [0.4, 0.5) is 0 Å². The number of hydrogen-bond acceptors (Lipinski definition) is 2. The molecule has 2 N–H and O–H groups in total. The molecule has 2 amide bonds. The van der Waals surface area contributed by atoms with E-state index in [9.17, 15) is 9.59 Å². The molecule has 0 aliphatic carbocycles. The maximum absolute atomic E-state index is 12.3. The van der Waals surface area contributed by atoms with E-state index in [1.54, 1.807) is 6.20 Å². The first-order valence-electron chi connectivity index (χ1n) is 7.73. The van der Waals surface area contributed by atoms with Crippen molar-refractivity contribution >= 4 is 22.7 Å². The van der Waals surface area contributed by atoms with Gasteiger partial charge in [0.05, 0.1) is 12.0 Å². The van der Waals surface area contributed by atoms with Gasteiger partial charge in [-0.25, -0.2) is 0 Å². The molecule has 0 unspecified atom stereocenters. The summed E-state index contributed by atoms with van der Waals surface area (Å²) in [6.45, 7) is 1.99. The van der Waals surface area contributed by atoms with Gasteiger partial charge in [-0.3, -0.25) is 20.4 Å². The molecule has 24 heavy (non-hydrogen) atoms. The number of nitrogens with one attached hydrogen (secondary N) is 2. The fourth-order valence-electron chi connectivity index (χ4n) is 2.65. The van der Waals surface area contributed by atoms with E-state index in [0.29, 0.717) is 5.56 Å². The summed E-state index contributed by atoms with van der Waals surface area (Å²) in [6.07, 6.45) is 1.97. The van der Waals surface area contributed by atoms with E-state index < -0.39 is 0 Å². The second-order valence-corrected chi connectivity index (χ2v) is 5.84. The number of hydrazine groups is 1. The second-order valence-electron chi connectivity index (χ2n) is 5.84. The molecular weight excluding hydrogens is 302 g/mol. The minimum Gasteiger partial charge on any atom is -0.350 e. The van der Waals surface area contributed by atoms with Crippen LogP contribution < -0.4 is 10.9 Å². The molecule has 3 rings (SSSR count). The molecule has 3 aromatic rings. The molecule has 0 fully saturated rings. The number of amides is 2. The van der Waals surface area contributed by atoms with Crippen molar-refractivity contribution in [2.45, 2.75) is 13.3 Å². The Kier molecular flexibility index (Phi) is 4.33. The number of aromatic nitrogens is 1. The summed E-state index contributed by atoms with van der Waals surface area (Å²) in [5.74, 6) is -0.587. The number of para-hydroxylation sites is 1. The van der Waals surface area contributed by atoms with Crippen LogP contribution in [0.3, 0.4) is 0 Å². The molecule has 0 atom stereocenters. The predicted molar refractivity (Wildman–Crippen MR) is 93.4 cm³/mol. The Morgan fingerprint density at radius 1 is 1.00 bits per heavy atom. The van der Waals surface area contributed by atoms with E-state index in [4.69, 9.17) is 0 Å². The van der Waals surface area contributed by atoms with Crippen molar-refractivity contribution in [3.63, 3.8) is 0 Å². The topological polar surface area (TPSA) is 63.1 Å². The van der Waals surface area contributed by atoms with Gasteiger partial charge in [0.2, 0.25) is 5.91 Å². The van der Waals surface area contributed by atoms with E-state index in [-0.39, 0.29) is 18.2 Å². The van der Waals surface area contributed by atoms with Gasteiger partial charge in [-0.05, 0) is 18.6 Å². The lowest BCUT2D eigenvalue weighted by Crippen LogP contribution is -2.42. The van der Waals surface area contributed by atoms with Crippen LogP contribution in [-0.4, -0.2) is 16.4 Å². The Bertz CT molecular complexity index is 895. The van der Waals surface area contributed by atoms with E-state index in [0.717, 1.165) is 22.0 Å². The standard InChI is InChI=1S/C19H19N3O2/c1-13-7-9-14(10-8-13)11-18(23)20-21-19(24)16-12-22(2)17-6-4-3-5-15(16)17/h3-10,12H,11H2,1-2H3,(H,20,23)(H,21,24). The molecule has 0 bridgehead atoms. The molecule has 0 saturated carbocycles. The van der Waals surface area contributed by atoms with Gasteiger partial charge in [-0.15, -0.1) is 0 Å². The maximum Gasteiger partial charge on any atom is 0.271 e. The highest BCUT2D eigenvalue weighted by atomic mass is 16.2. The van der Waals surface area contributed by atoms with Gasteiger partial charge < -0.3 is 4.57 Å². The highest BCUT2D eigenvalue weighted by Gasteiger charge is 2.14. The number of benzene rings is 2. The van der Waals surface area contributed by atoms with E-state index >= 15 is 0 Å². The lowest BCUT2D eigenvalue weighted by atomic mass is 10.1. The van der Waals surface area contributed by atoms with Gasteiger partial charge in [0.15, 0.2) is 0 Å². The van der Waals surface area contributed by atoms with E-state index in [1.807, 2.05) is 67.1 Å². The van der Waals surface area contributed by atoms with Gasteiger partial charge in [-0.1, -0.05) is 48.0 Å². The van der Waals surface area contributed by atoms with E-state index in [2.05, 4.69) is 10.9 Å². The van der Waals surface area contributed by atoms with Gasteiger partial charge in [0.1, 0.15) is 0 Å². The molecule has 5 heteroatoms. The lowest BCUT2D eigenvalue weighted by molar-refractivity contribution is -0.121. The summed E-state index contributed by atoms with van der Waals surface area (Å²) in [4.78, 5) is 24.3. The number of nitrogens with zero attached hydrogens (tertiary/aromatic N) is 1. The predicted octanol–water partition coefficient (Wildman–Crippen LogP) is 2.49. The molecule has 1 heterocycles. The Morgan fingerprint density at radius 2 is 1.71 bits per heavy atom. The van der Waals surface area contributed by atoms with Crippen molar-refractivity contribution in [3.8, 4) is 0 Å². The summed E-state index contributed by atoms with van der Waals surface area (Å²) >= 11 is 0. The fraction of sp³-hybridized carbons (Fsp3) is 0.158. The van der Waals surface area contributed by atoms with Crippen molar-refractivity contribution in [1.29, 1.82) is 0 Å². The first-order valence-corrected chi connectivity index (χ1v) is 7.73. The Morgan fingerprint density at radius 3 is 2.46 bits per heavy atom. The average Bonchev–Trinajstić information content (AvgIpc) is 2.92. The van der Waals surface area contributed by atoms with Crippen molar-refractivity contribution in [2.75, 3.05) is 0 Å². The number of fused-ring (bicyclic) bond motifs is 1. The van der Waals surface area contributed by atoms with Crippen LogP contribution >= 0.6 is 0 Å². The van der Waals surface area contributed by atoms with Gasteiger partial charge in [0, 0.05) is 24.1 Å². The van der Waals surface area contributed by atoms with Gasteiger partial charge >= 0.3 is 0 Å². The molecule has 122 valence electrons. The maximum atomic E-state index is 12.3. The normalized spacial score (nSPS) is 10.6.